The van der Waals surface area contributed by atoms with E-state index in [0.717, 1.165) is 24.4 Å². The Kier molecular flexibility index (Phi) is 4.12. The molecule has 0 radical (unpaired) electrons. The normalized spacial score (nSPS) is 24.4. The van der Waals surface area contributed by atoms with Crippen LogP contribution in [-0.2, 0) is 0 Å². The average Bonchev–Trinajstić information content (AvgIpc) is 3.03. The fourth-order valence-electron chi connectivity index (χ4n) is 2.61. The van der Waals surface area contributed by atoms with Crippen LogP contribution >= 0.6 is 11.6 Å². The summed E-state index contributed by atoms with van der Waals surface area (Å²) < 4.78 is 0. The highest BCUT2D eigenvalue weighted by atomic mass is 35.5. The standard InChI is InChI=1S/C12H22ClN/c13-8-9-14(10-11-6-7-11)12-4-2-1-3-5-12/h11-12H,1-10H2. The van der Waals surface area contributed by atoms with Crippen molar-refractivity contribution in [2.45, 2.75) is 51.0 Å². The van der Waals surface area contributed by atoms with E-state index in [1.54, 1.807) is 0 Å². The van der Waals surface area contributed by atoms with Gasteiger partial charge >= 0.3 is 0 Å². The number of rotatable bonds is 5. The third-order valence-corrected chi connectivity index (χ3v) is 3.82. The maximum Gasteiger partial charge on any atom is 0.0351 e. The Morgan fingerprint density at radius 1 is 1.00 bits per heavy atom. The lowest BCUT2D eigenvalue weighted by atomic mass is 9.94. The summed E-state index contributed by atoms with van der Waals surface area (Å²) in [5, 5.41) is 0. The second-order valence-corrected chi connectivity index (χ2v) is 5.30. The van der Waals surface area contributed by atoms with Gasteiger partial charge in [0.15, 0.2) is 0 Å². The summed E-state index contributed by atoms with van der Waals surface area (Å²) in [6.07, 6.45) is 10.1. The molecule has 14 heavy (non-hydrogen) atoms. The van der Waals surface area contributed by atoms with Gasteiger partial charge in [0.25, 0.3) is 0 Å². The van der Waals surface area contributed by atoms with Gasteiger partial charge in [-0.05, 0) is 31.6 Å². The third-order valence-electron chi connectivity index (χ3n) is 3.65. The lowest BCUT2D eigenvalue weighted by Crippen LogP contribution is -2.39. The Morgan fingerprint density at radius 3 is 2.29 bits per heavy atom. The SMILES string of the molecule is ClCCN(CC1CC1)C1CCCCC1. The molecule has 0 aromatic carbocycles. The second kappa shape index (κ2) is 5.37. The molecule has 2 aliphatic carbocycles. The molecule has 0 atom stereocenters. The summed E-state index contributed by atoms with van der Waals surface area (Å²) in [6.45, 7) is 2.44. The van der Waals surface area contributed by atoms with Gasteiger partial charge in [0, 0.05) is 25.0 Å². The number of alkyl halides is 1. The summed E-state index contributed by atoms with van der Waals surface area (Å²) in [5.74, 6) is 1.82. The predicted molar refractivity (Wildman–Crippen MR) is 61.9 cm³/mol. The van der Waals surface area contributed by atoms with Crippen LogP contribution in [0.4, 0.5) is 0 Å². The van der Waals surface area contributed by atoms with Crippen LogP contribution in [0.1, 0.15) is 44.9 Å². The van der Waals surface area contributed by atoms with Gasteiger partial charge in [-0.1, -0.05) is 19.3 Å². The van der Waals surface area contributed by atoms with Gasteiger partial charge in [0.05, 0.1) is 0 Å². The molecule has 0 spiro atoms. The Hall–Kier alpha value is 0.250. The molecule has 0 N–H and O–H groups in total. The first-order chi connectivity index (χ1) is 6.90. The van der Waals surface area contributed by atoms with E-state index in [1.165, 1.54) is 51.5 Å². The van der Waals surface area contributed by atoms with E-state index in [1.807, 2.05) is 0 Å². The van der Waals surface area contributed by atoms with Gasteiger partial charge in [-0.25, -0.2) is 0 Å². The van der Waals surface area contributed by atoms with Crippen molar-refractivity contribution < 1.29 is 0 Å². The molecule has 2 aliphatic rings. The Labute approximate surface area is 92.8 Å². The second-order valence-electron chi connectivity index (χ2n) is 4.92. The van der Waals surface area contributed by atoms with Gasteiger partial charge in [0.1, 0.15) is 0 Å². The minimum atomic E-state index is 0.809. The molecule has 0 heterocycles. The van der Waals surface area contributed by atoms with Gasteiger partial charge in [-0.15, -0.1) is 11.6 Å². The molecule has 2 fully saturated rings. The zero-order valence-electron chi connectivity index (χ0n) is 9.05. The van der Waals surface area contributed by atoms with Crippen molar-refractivity contribution in [2.75, 3.05) is 19.0 Å². The van der Waals surface area contributed by atoms with Gasteiger partial charge < -0.3 is 0 Å². The molecule has 0 unspecified atom stereocenters. The van der Waals surface area contributed by atoms with E-state index in [4.69, 9.17) is 11.6 Å². The minimum absolute atomic E-state index is 0.809. The summed E-state index contributed by atoms with van der Waals surface area (Å²) in [7, 11) is 0. The fourth-order valence-corrected chi connectivity index (χ4v) is 2.83. The molecule has 0 aliphatic heterocycles. The van der Waals surface area contributed by atoms with Crippen LogP contribution in [-0.4, -0.2) is 29.9 Å². The first kappa shape index (κ1) is 10.8. The Balaban J connectivity index is 1.79. The van der Waals surface area contributed by atoms with Crippen LogP contribution in [0.3, 0.4) is 0 Å². The van der Waals surface area contributed by atoms with Crippen LogP contribution in [0.15, 0.2) is 0 Å². The summed E-state index contributed by atoms with van der Waals surface area (Å²) in [4.78, 5) is 2.67. The van der Waals surface area contributed by atoms with E-state index in [9.17, 15) is 0 Å². The Bertz CT molecular complexity index is 162. The van der Waals surface area contributed by atoms with Crippen LogP contribution in [0, 0.1) is 5.92 Å². The molecule has 2 heteroatoms. The maximum atomic E-state index is 5.88. The Morgan fingerprint density at radius 2 is 1.71 bits per heavy atom. The first-order valence-corrected chi connectivity index (χ1v) is 6.73. The lowest BCUT2D eigenvalue weighted by Gasteiger charge is -2.34. The summed E-state index contributed by atoms with van der Waals surface area (Å²) in [5.41, 5.74) is 0. The van der Waals surface area contributed by atoms with Crippen molar-refractivity contribution in [2.24, 2.45) is 5.92 Å². The number of nitrogens with zero attached hydrogens (tertiary/aromatic N) is 1. The highest BCUT2D eigenvalue weighted by Crippen LogP contribution is 2.32. The molecule has 0 aromatic heterocycles. The van der Waals surface area contributed by atoms with Crippen LogP contribution in [0.2, 0.25) is 0 Å². The smallest absolute Gasteiger partial charge is 0.0351 e. The summed E-state index contributed by atoms with van der Waals surface area (Å²) >= 11 is 5.88. The van der Waals surface area contributed by atoms with Crippen molar-refractivity contribution in [3.8, 4) is 0 Å². The van der Waals surface area contributed by atoms with E-state index in [-0.39, 0.29) is 0 Å². The maximum absolute atomic E-state index is 5.88. The average molecular weight is 216 g/mol. The van der Waals surface area contributed by atoms with Crippen molar-refractivity contribution in [3.63, 3.8) is 0 Å². The predicted octanol–water partition coefficient (Wildman–Crippen LogP) is 3.27. The van der Waals surface area contributed by atoms with E-state index in [0.29, 0.717) is 0 Å². The molecule has 1 nitrogen and oxygen atoms in total. The highest BCUT2D eigenvalue weighted by Gasteiger charge is 2.28. The zero-order chi connectivity index (χ0) is 9.80. The number of hydrogen-bond donors (Lipinski definition) is 0. The fraction of sp³-hybridized carbons (Fsp3) is 1.00. The van der Waals surface area contributed by atoms with Gasteiger partial charge in [0.2, 0.25) is 0 Å². The largest absolute Gasteiger partial charge is 0.299 e. The van der Waals surface area contributed by atoms with E-state index >= 15 is 0 Å². The van der Waals surface area contributed by atoms with Gasteiger partial charge in [-0.2, -0.15) is 0 Å². The van der Waals surface area contributed by atoms with Crippen molar-refractivity contribution in [1.82, 2.24) is 4.90 Å². The molecule has 0 aromatic rings. The molecule has 0 saturated heterocycles. The molecular weight excluding hydrogens is 194 g/mol. The minimum Gasteiger partial charge on any atom is -0.299 e. The van der Waals surface area contributed by atoms with Crippen molar-refractivity contribution in [1.29, 1.82) is 0 Å². The van der Waals surface area contributed by atoms with Crippen molar-refractivity contribution in [3.05, 3.63) is 0 Å². The quantitative estimate of drug-likeness (QED) is 0.637. The first-order valence-electron chi connectivity index (χ1n) is 6.20. The van der Waals surface area contributed by atoms with E-state index in [2.05, 4.69) is 4.90 Å². The van der Waals surface area contributed by atoms with Crippen LogP contribution < -0.4 is 0 Å². The molecule has 2 rings (SSSR count). The third kappa shape index (κ3) is 3.13. The monoisotopic (exact) mass is 215 g/mol. The molecular formula is C12H22ClN. The number of hydrogen-bond acceptors (Lipinski definition) is 1. The lowest BCUT2D eigenvalue weighted by molar-refractivity contribution is 0.158. The molecule has 82 valence electrons. The molecule has 2 saturated carbocycles. The summed E-state index contributed by atoms with van der Waals surface area (Å²) in [6, 6.07) is 0.864. The molecule has 0 bridgehead atoms. The highest BCUT2D eigenvalue weighted by molar-refractivity contribution is 6.18. The number of halogens is 1. The topological polar surface area (TPSA) is 3.24 Å². The van der Waals surface area contributed by atoms with E-state index < -0.39 is 0 Å². The molecule has 0 amide bonds. The zero-order valence-corrected chi connectivity index (χ0v) is 9.81. The van der Waals surface area contributed by atoms with Gasteiger partial charge in [-0.3, -0.25) is 4.90 Å². The van der Waals surface area contributed by atoms with Crippen molar-refractivity contribution >= 4 is 11.6 Å². The van der Waals surface area contributed by atoms with Crippen LogP contribution in [0.25, 0.3) is 0 Å². The van der Waals surface area contributed by atoms with Crippen LogP contribution in [0.5, 0.6) is 0 Å².